The molecule has 1 unspecified atom stereocenters. The zero-order chi connectivity index (χ0) is 16.8. The highest BCUT2D eigenvalue weighted by Gasteiger charge is 2.21. The van der Waals surface area contributed by atoms with Crippen LogP contribution in [0.1, 0.15) is 56.3 Å². The Morgan fingerprint density at radius 2 is 2.17 bits per heavy atom. The third-order valence-corrected chi connectivity index (χ3v) is 4.27. The molecule has 0 aromatic heterocycles. The maximum absolute atomic E-state index is 11.8. The van der Waals surface area contributed by atoms with Crippen LogP contribution in [0.15, 0.2) is 18.2 Å². The molecule has 0 aliphatic carbocycles. The molecular weight excluding hydrogens is 292 g/mol. The summed E-state index contributed by atoms with van der Waals surface area (Å²) >= 11 is 0. The van der Waals surface area contributed by atoms with Crippen LogP contribution in [0.3, 0.4) is 0 Å². The molecule has 1 aromatic carbocycles. The number of carboxylic acid groups (broad SMARTS) is 1. The Morgan fingerprint density at radius 3 is 2.83 bits per heavy atom. The summed E-state index contributed by atoms with van der Waals surface area (Å²) in [6, 6.07) is 5.18. The Labute approximate surface area is 137 Å². The van der Waals surface area contributed by atoms with E-state index in [-0.39, 0.29) is 11.5 Å². The maximum atomic E-state index is 11.8. The summed E-state index contributed by atoms with van der Waals surface area (Å²) in [5, 5.41) is 12.3. The third-order valence-electron chi connectivity index (χ3n) is 4.27. The minimum Gasteiger partial charge on any atom is -0.478 e. The van der Waals surface area contributed by atoms with Crippen molar-refractivity contribution in [2.45, 2.75) is 46.0 Å². The van der Waals surface area contributed by atoms with Crippen molar-refractivity contribution in [2.75, 3.05) is 23.3 Å². The van der Waals surface area contributed by atoms with Crippen molar-refractivity contribution in [1.82, 2.24) is 0 Å². The summed E-state index contributed by atoms with van der Waals surface area (Å²) in [6.07, 6.45) is 4.52. The summed E-state index contributed by atoms with van der Waals surface area (Å²) in [6.45, 7) is 5.98. The predicted molar refractivity (Wildman–Crippen MR) is 92.2 cm³/mol. The monoisotopic (exact) mass is 318 g/mol. The Bertz CT molecular complexity index is 571. The van der Waals surface area contributed by atoms with E-state index in [4.69, 9.17) is 0 Å². The summed E-state index contributed by atoms with van der Waals surface area (Å²) in [5.74, 6) is -0.454. The standard InChI is InChI=1S/C18H26N2O3/c1-3-4-7-17(21)19-14-8-9-16(15(11-14)18(22)23)20-10-5-6-13(2)12-20/h8-9,11,13H,3-7,10,12H2,1-2H3,(H,19,21)(H,22,23). The summed E-state index contributed by atoms with van der Waals surface area (Å²) in [7, 11) is 0. The first-order valence-corrected chi connectivity index (χ1v) is 8.43. The number of hydrogen-bond acceptors (Lipinski definition) is 3. The molecule has 1 atom stereocenters. The minimum absolute atomic E-state index is 0.0671. The molecule has 2 N–H and O–H groups in total. The molecule has 1 aromatic rings. The van der Waals surface area contributed by atoms with Crippen LogP contribution >= 0.6 is 0 Å². The Balaban J connectivity index is 2.17. The van der Waals surface area contributed by atoms with Crippen molar-refractivity contribution in [2.24, 2.45) is 5.92 Å². The predicted octanol–water partition coefficient (Wildman–Crippen LogP) is 3.75. The average Bonchev–Trinajstić information content (AvgIpc) is 2.52. The van der Waals surface area contributed by atoms with E-state index < -0.39 is 5.97 Å². The van der Waals surface area contributed by atoms with Crippen molar-refractivity contribution in [3.63, 3.8) is 0 Å². The second kappa shape index (κ2) is 7.99. The number of benzene rings is 1. The number of nitrogens with zero attached hydrogens (tertiary/aromatic N) is 1. The fourth-order valence-corrected chi connectivity index (χ4v) is 3.03. The van der Waals surface area contributed by atoms with E-state index >= 15 is 0 Å². The first kappa shape index (κ1) is 17.3. The van der Waals surface area contributed by atoms with Crippen molar-refractivity contribution in [3.8, 4) is 0 Å². The Kier molecular flexibility index (Phi) is 6.02. The highest BCUT2D eigenvalue weighted by atomic mass is 16.4. The number of carbonyl (C=O) groups is 2. The van der Waals surface area contributed by atoms with Crippen LogP contribution in [-0.4, -0.2) is 30.1 Å². The zero-order valence-electron chi connectivity index (χ0n) is 14.0. The highest BCUT2D eigenvalue weighted by Crippen LogP contribution is 2.28. The molecule has 2 rings (SSSR count). The number of carboxylic acids is 1. The van der Waals surface area contributed by atoms with Crippen molar-refractivity contribution in [1.29, 1.82) is 0 Å². The van der Waals surface area contributed by atoms with Crippen LogP contribution in [0, 0.1) is 5.92 Å². The third kappa shape index (κ3) is 4.71. The lowest BCUT2D eigenvalue weighted by Gasteiger charge is -2.33. The quantitative estimate of drug-likeness (QED) is 0.838. The van der Waals surface area contributed by atoms with Gasteiger partial charge in [0.05, 0.1) is 11.3 Å². The highest BCUT2D eigenvalue weighted by molar-refractivity contribution is 5.98. The number of unbranched alkanes of at least 4 members (excludes halogenated alkanes) is 1. The summed E-state index contributed by atoms with van der Waals surface area (Å²) in [4.78, 5) is 25.6. The second-order valence-corrected chi connectivity index (χ2v) is 6.38. The van der Waals surface area contributed by atoms with Crippen molar-refractivity contribution in [3.05, 3.63) is 23.8 Å². The van der Waals surface area contributed by atoms with Gasteiger partial charge in [-0.25, -0.2) is 4.79 Å². The molecule has 1 aliphatic heterocycles. The molecule has 0 saturated carbocycles. The number of amides is 1. The number of anilines is 2. The van der Waals surface area contributed by atoms with Crippen LogP contribution in [0.2, 0.25) is 0 Å². The van der Waals surface area contributed by atoms with Crippen LogP contribution in [-0.2, 0) is 4.79 Å². The van der Waals surface area contributed by atoms with Gasteiger partial charge in [0.1, 0.15) is 0 Å². The molecule has 0 radical (unpaired) electrons. The summed E-state index contributed by atoms with van der Waals surface area (Å²) in [5.41, 5.74) is 1.56. The van der Waals surface area contributed by atoms with Gasteiger partial charge in [0.2, 0.25) is 5.91 Å². The van der Waals surface area contributed by atoms with E-state index in [1.165, 1.54) is 6.42 Å². The van der Waals surface area contributed by atoms with Gasteiger partial charge >= 0.3 is 5.97 Å². The van der Waals surface area contributed by atoms with Gasteiger partial charge in [0.15, 0.2) is 0 Å². The normalized spacial score (nSPS) is 17.8. The van der Waals surface area contributed by atoms with Gasteiger partial charge in [0.25, 0.3) is 0 Å². The number of piperidine rings is 1. The first-order chi connectivity index (χ1) is 11.0. The zero-order valence-corrected chi connectivity index (χ0v) is 14.0. The fourth-order valence-electron chi connectivity index (χ4n) is 3.03. The van der Waals surface area contributed by atoms with E-state index in [9.17, 15) is 14.7 Å². The lowest BCUT2D eigenvalue weighted by Crippen LogP contribution is -2.35. The van der Waals surface area contributed by atoms with Gasteiger partial charge < -0.3 is 15.3 Å². The molecule has 1 amide bonds. The molecule has 1 aliphatic rings. The lowest BCUT2D eigenvalue weighted by atomic mass is 9.98. The molecular formula is C18H26N2O3. The van der Waals surface area contributed by atoms with Crippen LogP contribution in [0.25, 0.3) is 0 Å². The molecule has 0 spiro atoms. The second-order valence-electron chi connectivity index (χ2n) is 6.38. The van der Waals surface area contributed by atoms with E-state index in [0.717, 1.165) is 38.0 Å². The fraction of sp³-hybridized carbons (Fsp3) is 0.556. The van der Waals surface area contributed by atoms with E-state index in [0.29, 0.717) is 18.0 Å². The smallest absolute Gasteiger partial charge is 0.337 e. The number of aromatic carboxylic acids is 1. The largest absolute Gasteiger partial charge is 0.478 e. The van der Waals surface area contributed by atoms with E-state index in [1.54, 1.807) is 12.1 Å². The number of hydrogen-bond donors (Lipinski definition) is 2. The molecule has 5 heteroatoms. The Morgan fingerprint density at radius 1 is 1.39 bits per heavy atom. The molecule has 1 saturated heterocycles. The van der Waals surface area contributed by atoms with Gasteiger partial charge in [-0.3, -0.25) is 4.79 Å². The van der Waals surface area contributed by atoms with Crippen LogP contribution in [0.5, 0.6) is 0 Å². The first-order valence-electron chi connectivity index (χ1n) is 8.43. The van der Waals surface area contributed by atoms with Crippen molar-refractivity contribution >= 4 is 23.3 Å². The molecule has 5 nitrogen and oxygen atoms in total. The number of carbonyl (C=O) groups excluding carboxylic acids is 1. The molecule has 1 fully saturated rings. The van der Waals surface area contributed by atoms with Gasteiger partial charge in [0, 0.05) is 25.2 Å². The van der Waals surface area contributed by atoms with Gasteiger partial charge in [-0.2, -0.15) is 0 Å². The van der Waals surface area contributed by atoms with Gasteiger partial charge in [-0.15, -0.1) is 0 Å². The average molecular weight is 318 g/mol. The SMILES string of the molecule is CCCCC(=O)Nc1ccc(N2CCCC(C)C2)c(C(=O)O)c1. The molecule has 126 valence electrons. The van der Waals surface area contributed by atoms with E-state index in [1.807, 2.05) is 13.0 Å². The van der Waals surface area contributed by atoms with Gasteiger partial charge in [-0.05, 0) is 43.4 Å². The number of rotatable bonds is 6. The van der Waals surface area contributed by atoms with Gasteiger partial charge in [-0.1, -0.05) is 20.3 Å². The minimum atomic E-state index is -0.956. The van der Waals surface area contributed by atoms with E-state index in [2.05, 4.69) is 17.1 Å². The van der Waals surface area contributed by atoms with Crippen LogP contribution in [0.4, 0.5) is 11.4 Å². The number of nitrogens with one attached hydrogen (secondary N) is 1. The maximum Gasteiger partial charge on any atom is 0.337 e. The summed E-state index contributed by atoms with van der Waals surface area (Å²) < 4.78 is 0. The molecule has 23 heavy (non-hydrogen) atoms. The topological polar surface area (TPSA) is 69.6 Å². The molecule has 0 bridgehead atoms. The van der Waals surface area contributed by atoms with Crippen LogP contribution < -0.4 is 10.2 Å². The van der Waals surface area contributed by atoms with Crippen molar-refractivity contribution < 1.29 is 14.7 Å². The Hall–Kier alpha value is -2.04. The lowest BCUT2D eigenvalue weighted by molar-refractivity contribution is -0.116. The molecule has 1 heterocycles.